The highest BCUT2D eigenvalue weighted by Crippen LogP contribution is 2.02. The quantitative estimate of drug-likeness (QED) is 0.701. The lowest BCUT2D eigenvalue weighted by molar-refractivity contribution is 0.159. The molecule has 1 atom stereocenters. The Hall–Kier alpha value is -0.860. The summed E-state index contributed by atoms with van der Waals surface area (Å²) in [5.74, 6) is 0. The second kappa shape index (κ2) is 6.59. The van der Waals surface area contributed by atoms with Crippen LogP contribution < -0.4 is 5.32 Å². The Labute approximate surface area is 92.3 Å². The molecule has 0 aliphatic rings. The van der Waals surface area contributed by atoms with Gasteiger partial charge in [0, 0.05) is 6.54 Å². The Balaban J connectivity index is 2.17. The predicted octanol–water partition coefficient (Wildman–Crippen LogP) is 2.25. The van der Waals surface area contributed by atoms with Crippen LogP contribution in [0.3, 0.4) is 0 Å². The maximum Gasteiger partial charge on any atom is 0.0549 e. The van der Waals surface area contributed by atoms with Gasteiger partial charge in [0.25, 0.3) is 0 Å². The predicted molar refractivity (Wildman–Crippen MR) is 63.8 cm³/mol. The lowest BCUT2D eigenvalue weighted by Gasteiger charge is -2.08. The summed E-state index contributed by atoms with van der Waals surface area (Å²) in [5.41, 5.74) is 2.59. The van der Waals surface area contributed by atoms with Crippen molar-refractivity contribution < 1.29 is 5.11 Å². The van der Waals surface area contributed by atoms with Crippen LogP contribution in [0, 0.1) is 6.92 Å². The SMILES string of the molecule is CCC(O)CCNCc1ccc(C)cc1. The van der Waals surface area contributed by atoms with E-state index in [4.69, 9.17) is 0 Å². The maximum absolute atomic E-state index is 9.35. The van der Waals surface area contributed by atoms with Crippen LogP contribution in [0.4, 0.5) is 0 Å². The van der Waals surface area contributed by atoms with E-state index in [0.717, 1.165) is 25.9 Å². The number of aliphatic hydroxyl groups is 1. The number of nitrogens with one attached hydrogen (secondary N) is 1. The van der Waals surface area contributed by atoms with Gasteiger partial charge in [-0.2, -0.15) is 0 Å². The van der Waals surface area contributed by atoms with Gasteiger partial charge < -0.3 is 10.4 Å². The van der Waals surface area contributed by atoms with Crippen LogP contribution in [-0.2, 0) is 6.54 Å². The number of benzene rings is 1. The van der Waals surface area contributed by atoms with E-state index in [2.05, 4.69) is 36.5 Å². The van der Waals surface area contributed by atoms with Gasteiger partial charge in [0.2, 0.25) is 0 Å². The van der Waals surface area contributed by atoms with Crippen LogP contribution in [0.15, 0.2) is 24.3 Å². The van der Waals surface area contributed by atoms with Crippen LogP contribution in [0.2, 0.25) is 0 Å². The van der Waals surface area contributed by atoms with Gasteiger partial charge >= 0.3 is 0 Å². The summed E-state index contributed by atoms with van der Waals surface area (Å²) < 4.78 is 0. The molecule has 0 aliphatic heterocycles. The average molecular weight is 207 g/mol. The van der Waals surface area contributed by atoms with Crippen molar-refractivity contribution in [1.29, 1.82) is 0 Å². The lowest BCUT2D eigenvalue weighted by Crippen LogP contribution is -2.19. The molecule has 2 nitrogen and oxygen atoms in total. The number of hydrogen-bond donors (Lipinski definition) is 2. The first-order valence-electron chi connectivity index (χ1n) is 5.66. The average Bonchev–Trinajstić information content (AvgIpc) is 2.26. The highest BCUT2D eigenvalue weighted by atomic mass is 16.3. The van der Waals surface area contributed by atoms with Crippen molar-refractivity contribution in [2.75, 3.05) is 6.54 Å². The van der Waals surface area contributed by atoms with E-state index < -0.39 is 0 Å². The summed E-state index contributed by atoms with van der Waals surface area (Å²) in [7, 11) is 0. The van der Waals surface area contributed by atoms with E-state index in [1.54, 1.807) is 0 Å². The molecule has 1 rings (SSSR count). The monoisotopic (exact) mass is 207 g/mol. The normalized spacial score (nSPS) is 12.7. The van der Waals surface area contributed by atoms with Crippen LogP contribution in [0.5, 0.6) is 0 Å². The molecule has 0 aliphatic carbocycles. The fraction of sp³-hybridized carbons (Fsp3) is 0.538. The van der Waals surface area contributed by atoms with Crippen LogP contribution >= 0.6 is 0 Å². The second-order valence-electron chi connectivity index (χ2n) is 4.01. The Bertz CT molecular complexity index is 268. The standard InChI is InChI=1S/C13H21NO/c1-3-13(15)8-9-14-10-12-6-4-11(2)5-7-12/h4-7,13-15H,3,8-10H2,1-2H3. The molecule has 1 aromatic carbocycles. The summed E-state index contributed by atoms with van der Waals surface area (Å²) in [5, 5.41) is 12.7. The maximum atomic E-state index is 9.35. The van der Waals surface area contributed by atoms with Crippen molar-refractivity contribution >= 4 is 0 Å². The molecular formula is C13H21NO. The molecule has 0 amide bonds. The van der Waals surface area contributed by atoms with Crippen LogP contribution in [0.1, 0.15) is 30.9 Å². The van der Waals surface area contributed by atoms with Crippen molar-refractivity contribution in [2.24, 2.45) is 0 Å². The Morgan fingerprint density at radius 3 is 2.53 bits per heavy atom. The van der Waals surface area contributed by atoms with Gasteiger partial charge in [-0.1, -0.05) is 36.8 Å². The fourth-order valence-corrected chi connectivity index (χ4v) is 1.41. The third-order valence-corrected chi connectivity index (χ3v) is 2.58. The van der Waals surface area contributed by atoms with E-state index in [0.29, 0.717) is 0 Å². The van der Waals surface area contributed by atoms with Gasteiger partial charge in [0.05, 0.1) is 6.10 Å². The van der Waals surface area contributed by atoms with Crippen molar-refractivity contribution in [3.8, 4) is 0 Å². The molecule has 0 heterocycles. The number of hydrogen-bond acceptors (Lipinski definition) is 2. The third-order valence-electron chi connectivity index (χ3n) is 2.58. The molecular weight excluding hydrogens is 186 g/mol. The minimum absolute atomic E-state index is 0.157. The fourth-order valence-electron chi connectivity index (χ4n) is 1.41. The molecule has 0 aromatic heterocycles. The molecule has 2 N–H and O–H groups in total. The zero-order chi connectivity index (χ0) is 11.1. The van der Waals surface area contributed by atoms with E-state index >= 15 is 0 Å². The van der Waals surface area contributed by atoms with E-state index in [1.165, 1.54) is 11.1 Å². The summed E-state index contributed by atoms with van der Waals surface area (Å²) in [6.45, 7) is 5.86. The molecule has 0 saturated heterocycles. The van der Waals surface area contributed by atoms with Crippen molar-refractivity contribution in [3.05, 3.63) is 35.4 Å². The Morgan fingerprint density at radius 1 is 1.27 bits per heavy atom. The summed E-state index contributed by atoms with van der Waals surface area (Å²) >= 11 is 0. The molecule has 0 bridgehead atoms. The topological polar surface area (TPSA) is 32.3 Å². The zero-order valence-corrected chi connectivity index (χ0v) is 9.66. The first-order valence-corrected chi connectivity index (χ1v) is 5.66. The van der Waals surface area contributed by atoms with Gasteiger partial charge in [-0.15, -0.1) is 0 Å². The summed E-state index contributed by atoms with van der Waals surface area (Å²) in [4.78, 5) is 0. The highest BCUT2D eigenvalue weighted by molar-refractivity contribution is 5.20. The molecule has 0 spiro atoms. The van der Waals surface area contributed by atoms with Gasteiger partial charge in [-0.25, -0.2) is 0 Å². The van der Waals surface area contributed by atoms with Gasteiger partial charge in [0.1, 0.15) is 0 Å². The Kier molecular flexibility index (Phi) is 5.37. The Morgan fingerprint density at radius 2 is 1.93 bits per heavy atom. The van der Waals surface area contributed by atoms with Crippen molar-refractivity contribution in [3.63, 3.8) is 0 Å². The van der Waals surface area contributed by atoms with E-state index in [-0.39, 0.29) is 6.10 Å². The van der Waals surface area contributed by atoms with Crippen LogP contribution in [0.25, 0.3) is 0 Å². The van der Waals surface area contributed by atoms with Crippen molar-refractivity contribution in [2.45, 2.75) is 39.3 Å². The first-order chi connectivity index (χ1) is 7.22. The van der Waals surface area contributed by atoms with Crippen LogP contribution in [-0.4, -0.2) is 17.8 Å². The van der Waals surface area contributed by atoms with Gasteiger partial charge in [-0.3, -0.25) is 0 Å². The molecule has 2 heteroatoms. The molecule has 0 saturated carbocycles. The summed E-state index contributed by atoms with van der Waals surface area (Å²) in [6, 6.07) is 8.52. The highest BCUT2D eigenvalue weighted by Gasteiger charge is 1.99. The molecule has 15 heavy (non-hydrogen) atoms. The number of aryl methyl sites for hydroxylation is 1. The number of aliphatic hydroxyl groups excluding tert-OH is 1. The minimum Gasteiger partial charge on any atom is -0.393 e. The minimum atomic E-state index is -0.157. The van der Waals surface area contributed by atoms with Gasteiger partial charge in [-0.05, 0) is 31.9 Å². The van der Waals surface area contributed by atoms with Gasteiger partial charge in [0.15, 0.2) is 0 Å². The van der Waals surface area contributed by atoms with E-state index in [1.807, 2.05) is 6.92 Å². The largest absolute Gasteiger partial charge is 0.393 e. The zero-order valence-electron chi connectivity index (χ0n) is 9.66. The summed E-state index contributed by atoms with van der Waals surface area (Å²) in [6.07, 6.45) is 1.52. The molecule has 0 radical (unpaired) electrons. The molecule has 84 valence electrons. The second-order valence-corrected chi connectivity index (χ2v) is 4.01. The van der Waals surface area contributed by atoms with Crippen molar-refractivity contribution in [1.82, 2.24) is 5.32 Å². The first kappa shape index (κ1) is 12.2. The smallest absolute Gasteiger partial charge is 0.0549 e. The lowest BCUT2D eigenvalue weighted by atomic mass is 10.1. The molecule has 1 aromatic rings. The van der Waals surface area contributed by atoms with E-state index in [9.17, 15) is 5.11 Å². The number of rotatable bonds is 6. The molecule has 0 fully saturated rings. The third kappa shape index (κ3) is 4.96. The molecule has 1 unspecified atom stereocenters.